The van der Waals surface area contributed by atoms with Crippen LogP contribution in [0.3, 0.4) is 0 Å². The van der Waals surface area contributed by atoms with Gasteiger partial charge in [0.2, 0.25) is 0 Å². The van der Waals surface area contributed by atoms with Crippen molar-refractivity contribution in [1.82, 2.24) is 0 Å². The number of benzene rings is 2. The number of anilines is 2. The maximum absolute atomic E-state index is 13.9. The van der Waals surface area contributed by atoms with E-state index in [0.29, 0.717) is 16.7 Å². The Hall–Kier alpha value is -2.67. The molecule has 1 heterocycles. The minimum Gasteiger partial charge on any atom is -0.265 e. The smallest absolute Gasteiger partial charge is 0.265 e. The molecule has 3 rings (SSSR count). The Balaban J connectivity index is 2.06. The van der Waals surface area contributed by atoms with Gasteiger partial charge >= 0.3 is 6.03 Å². The number of imide groups is 1. The van der Waals surface area contributed by atoms with Crippen LogP contribution in [-0.2, 0) is 4.79 Å². The van der Waals surface area contributed by atoms with Crippen LogP contribution in [0, 0.1) is 11.6 Å². The number of carbonyl (C=O) groups excluding carboxylic acids is 2. The van der Waals surface area contributed by atoms with E-state index in [1.807, 2.05) is 0 Å². The highest BCUT2D eigenvalue weighted by Crippen LogP contribution is 2.29. The number of thiocarbonyl (C=S) groups is 1. The summed E-state index contributed by atoms with van der Waals surface area (Å²) in [5, 5.41) is 0. The van der Waals surface area contributed by atoms with Crippen molar-refractivity contribution in [3.8, 4) is 0 Å². The molecule has 1 fully saturated rings. The second kappa shape index (κ2) is 5.27. The highest BCUT2D eigenvalue weighted by atomic mass is 32.1. The quantitative estimate of drug-likeness (QED) is 0.630. The lowest BCUT2D eigenvalue weighted by atomic mass is 10.2. The lowest BCUT2D eigenvalue weighted by molar-refractivity contribution is -0.111. The van der Waals surface area contributed by atoms with Crippen LogP contribution in [0.25, 0.3) is 0 Å². The average Bonchev–Trinajstić information content (AvgIpc) is 2.71. The standard InChI is InChI=1S/C15H8F2N2O2S/c16-9-6-7-12(11(17)8-9)19-13(20)14(22)18(15(19)21)10-4-2-1-3-5-10/h1-8H. The molecule has 1 saturated heterocycles. The maximum Gasteiger partial charge on any atom is 0.341 e. The molecule has 110 valence electrons. The maximum atomic E-state index is 13.9. The number of para-hydroxylation sites is 1. The van der Waals surface area contributed by atoms with E-state index >= 15 is 0 Å². The molecule has 0 saturated carbocycles. The number of halogens is 2. The largest absolute Gasteiger partial charge is 0.341 e. The van der Waals surface area contributed by atoms with Gasteiger partial charge in [-0.15, -0.1) is 0 Å². The molecule has 2 aromatic carbocycles. The molecule has 22 heavy (non-hydrogen) atoms. The zero-order chi connectivity index (χ0) is 15.9. The number of urea groups is 1. The molecule has 0 N–H and O–H groups in total. The molecule has 0 aliphatic carbocycles. The Morgan fingerprint density at radius 3 is 2.23 bits per heavy atom. The number of hydrogen-bond donors (Lipinski definition) is 0. The van der Waals surface area contributed by atoms with E-state index in [2.05, 4.69) is 0 Å². The fourth-order valence-corrected chi connectivity index (χ4v) is 2.42. The van der Waals surface area contributed by atoms with Gasteiger partial charge in [-0.1, -0.05) is 30.4 Å². The third kappa shape index (κ3) is 2.15. The minimum atomic E-state index is -1.01. The molecule has 0 aromatic heterocycles. The summed E-state index contributed by atoms with van der Waals surface area (Å²) in [7, 11) is 0. The summed E-state index contributed by atoms with van der Waals surface area (Å²) in [5.41, 5.74) is 0.0630. The molecule has 4 nitrogen and oxygen atoms in total. The third-order valence-corrected chi connectivity index (χ3v) is 3.49. The van der Waals surface area contributed by atoms with E-state index in [9.17, 15) is 18.4 Å². The van der Waals surface area contributed by atoms with Gasteiger partial charge in [0.1, 0.15) is 11.6 Å². The van der Waals surface area contributed by atoms with E-state index in [-0.39, 0.29) is 10.7 Å². The van der Waals surface area contributed by atoms with Crippen molar-refractivity contribution < 1.29 is 18.4 Å². The lowest BCUT2D eigenvalue weighted by Crippen LogP contribution is -2.33. The van der Waals surface area contributed by atoms with Crippen LogP contribution in [0.15, 0.2) is 48.5 Å². The molecule has 7 heteroatoms. The van der Waals surface area contributed by atoms with Crippen LogP contribution in [0.5, 0.6) is 0 Å². The molecular formula is C15H8F2N2O2S. The van der Waals surface area contributed by atoms with Crippen LogP contribution >= 0.6 is 12.2 Å². The SMILES string of the molecule is O=C1C(=S)N(c2ccccc2)C(=O)N1c1ccc(F)cc1F. The Bertz CT molecular complexity index is 795. The summed E-state index contributed by atoms with van der Waals surface area (Å²) in [6, 6.07) is 10.1. The van der Waals surface area contributed by atoms with Gasteiger partial charge in [-0.05, 0) is 24.3 Å². The minimum absolute atomic E-state index is 0.264. The molecule has 0 radical (unpaired) electrons. The Morgan fingerprint density at radius 2 is 1.59 bits per heavy atom. The van der Waals surface area contributed by atoms with E-state index in [1.165, 1.54) is 0 Å². The normalized spacial score (nSPS) is 14.9. The van der Waals surface area contributed by atoms with Crippen LogP contribution in [0.4, 0.5) is 25.0 Å². The third-order valence-electron chi connectivity index (χ3n) is 3.14. The number of nitrogens with zero attached hydrogens (tertiary/aromatic N) is 2. The second-order valence-electron chi connectivity index (χ2n) is 4.49. The first-order valence-corrected chi connectivity index (χ1v) is 6.64. The topological polar surface area (TPSA) is 40.6 Å². The van der Waals surface area contributed by atoms with Crippen LogP contribution in [0.1, 0.15) is 0 Å². The summed E-state index contributed by atoms with van der Waals surface area (Å²) in [4.78, 5) is 26.0. The van der Waals surface area contributed by atoms with Gasteiger partial charge in [0.05, 0.1) is 11.4 Å². The number of hydrogen-bond acceptors (Lipinski definition) is 3. The Kier molecular flexibility index (Phi) is 3.42. The molecule has 0 unspecified atom stereocenters. The van der Waals surface area contributed by atoms with Crippen LogP contribution in [0.2, 0.25) is 0 Å². The van der Waals surface area contributed by atoms with Gasteiger partial charge in [0.15, 0.2) is 4.99 Å². The van der Waals surface area contributed by atoms with Crippen molar-refractivity contribution in [1.29, 1.82) is 0 Å². The first-order chi connectivity index (χ1) is 10.5. The van der Waals surface area contributed by atoms with Crippen molar-refractivity contribution in [3.63, 3.8) is 0 Å². The number of amides is 3. The van der Waals surface area contributed by atoms with E-state index in [1.54, 1.807) is 30.3 Å². The summed E-state index contributed by atoms with van der Waals surface area (Å²) < 4.78 is 26.8. The van der Waals surface area contributed by atoms with Crippen molar-refractivity contribution in [2.45, 2.75) is 0 Å². The van der Waals surface area contributed by atoms with Gasteiger partial charge in [-0.2, -0.15) is 0 Å². The fourth-order valence-electron chi connectivity index (χ4n) is 2.14. The zero-order valence-corrected chi connectivity index (χ0v) is 11.8. The van der Waals surface area contributed by atoms with Crippen LogP contribution in [-0.4, -0.2) is 16.9 Å². The summed E-state index contributed by atoms with van der Waals surface area (Å²) >= 11 is 4.99. The van der Waals surface area contributed by atoms with Gasteiger partial charge < -0.3 is 0 Å². The predicted octanol–water partition coefficient (Wildman–Crippen LogP) is 3.27. The monoisotopic (exact) mass is 318 g/mol. The number of carbonyl (C=O) groups is 2. The highest BCUT2D eigenvalue weighted by Gasteiger charge is 2.44. The van der Waals surface area contributed by atoms with Crippen molar-refractivity contribution in [2.24, 2.45) is 0 Å². The molecule has 1 aliphatic heterocycles. The van der Waals surface area contributed by atoms with Crippen molar-refractivity contribution >= 4 is 40.5 Å². The molecule has 2 aromatic rings. The molecule has 0 atom stereocenters. The summed E-state index contributed by atoms with van der Waals surface area (Å²) in [5.74, 6) is -2.64. The summed E-state index contributed by atoms with van der Waals surface area (Å²) in [6.45, 7) is 0. The molecular weight excluding hydrogens is 310 g/mol. The van der Waals surface area contributed by atoms with Gasteiger partial charge in [0, 0.05) is 6.07 Å². The summed E-state index contributed by atoms with van der Waals surface area (Å²) in [6.07, 6.45) is 0. The van der Waals surface area contributed by atoms with Gasteiger partial charge in [0.25, 0.3) is 5.91 Å². The van der Waals surface area contributed by atoms with Crippen LogP contribution < -0.4 is 9.80 Å². The molecule has 3 amide bonds. The van der Waals surface area contributed by atoms with E-state index < -0.39 is 23.6 Å². The zero-order valence-electron chi connectivity index (χ0n) is 11.0. The second-order valence-corrected chi connectivity index (χ2v) is 4.88. The molecule has 0 spiro atoms. The Labute approximate surface area is 129 Å². The van der Waals surface area contributed by atoms with Gasteiger partial charge in [-0.3, -0.25) is 4.79 Å². The predicted molar refractivity (Wildman–Crippen MR) is 80.8 cm³/mol. The Morgan fingerprint density at radius 1 is 0.909 bits per heavy atom. The first kappa shape index (κ1) is 14.3. The lowest BCUT2D eigenvalue weighted by Gasteiger charge is -2.16. The number of rotatable bonds is 2. The fraction of sp³-hybridized carbons (Fsp3) is 0. The van der Waals surface area contributed by atoms with E-state index in [0.717, 1.165) is 17.0 Å². The first-order valence-electron chi connectivity index (χ1n) is 6.23. The van der Waals surface area contributed by atoms with E-state index in [4.69, 9.17) is 12.2 Å². The average molecular weight is 318 g/mol. The van der Waals surface area contributed by atoms with Crippen molar-refractivity contribution in [3.05, 3.63) is 60.2 Å². The van der Waals surface area contributed by atoms with Crippen molar-refractivity contribution in [2.75, 3.05) is 9.80 Å². The highest BCUT2D eigenvalue weighted by molar-refractivity contribution is 7.82. The molecule has 0 bridgehead atoms. The van der Waals surface area contributed by atoms with Gasteiger partial charge in [-0.25, -0.2) is 23.4 Å². The molecule has 1 aliphatic rings.